The molecule has 3 N–H and O–H groups in total. The molecule has 8 heteroatoms. The van der Waals surface area contributed by atoms with E-state index >= 15 is 0 Å². The molecule has 0 amide bonds. The van der Waals surface area contributed by atoms with Crippen molar-refractivity contribution in [2.75, 3.05) is 11.1 Å². The maximum atomic E-state index is 13.1. The molecule has 1 aliphatic heterocycles. The number of aryl methyl sites for hydroxylation is 2. The molecule has 0 saturated carbocycles. The zero-order chi connectivity index (χ0) is 22.6. The van der Waals surface area contributed by atoms with E-state index in [4.69, 9.17) is 10.7 Å². The number of fused-ring (bicyclic) bond motifs is 3. The smallest absolute Gasteiger partial charge is 0.399 e. The van der Waals surface area contributed by atoms with E-state index < -0.39 is 11.7 Å². The third kappa shape index (κ3) is 4.20. The van der Waals surface area contributed by atoms with E-state index in [9.17, 15) is 13.2 Å². The number of anilines is 2. The Labute approximate surface area is 180 Å². The molecule has 0 unspecified atom stereocenters. The fraction of sp³-hybridized carbons (Fsp3) is 0.391. The van der Waals surface area contributed by atoms with Crippen molar-refractivity contribution >= 4 is 35.2 Å². The third-order valence-corrected chi connectivity index (χ3v) is 5.68. The number of nitrogens with two attached hydrogens (primary N) is 1. The van der Waals surface area contributed by atoms with Crippen molar-refractivity contribution in [2.45, 2.75) is 58.6 Å². The van der Waals surface area contributed by atoms with Gasteiger partial charge in [0.1, 0.15) is 11.6 Å². The molecule has 0 atom stereocenters. The van der Waals surface area contributed by atoms with Crippen LogP contribution in [0.25, 0.3) is 10.9 Å². The minimum atomic E-state index is -4.44. The summed E-state index contributed by atoms with van der Waals surface area (Å²) in [5.74, 6) is 1.25. The lowest BCUT2D eigenvalue weighted by atomic mass is 9.54. The van der Waals surface area contributed by atoms with Gasteiger partial charge in [-0.2, -0.15) is 13.2 Å². The van der Waals surface area contributed by atoms with Gasteiger partial charge < -0.3 is 11.1 Å². The molecule has 4 nitrogen and oxygen atoms in total. The van der Waals surface area contributed by atoms with Crippen LogP contribution in [0.1, 0.15) is 48.8 Å². The summed E-state index contributed by atoms with van der Waals surface area (Å²) in [5.41, 5.74) is 10.1. The van der Waals surface area contributed by atoms with Gasteiger partial charge in [-0.3, -0.25) is 0 Å². The van der Waals surface area contributed by atoms with Crippen molar-refractivity contribution in [2.24, 2.45) is 0 Å². The molecule has 4 rings (SSSR count). The van der Waals surface area contributed by atoms with Crippen LogP contribution in [0.15, 0.2) is 24.3 Å². The van der Waals surface area contributed by atoms with Crippen LogP contribution in [0.3, 0.4) is 0 Å². The standard InChI is InChI=1S/C23H25BF3N4/c1-5-14-8-17-20(18-10-22(3,4)24-19(14)18)30-12(2)31-21(17)29-11-13-6-15(23(25,26)27)9-16(28)7-13/h6-9H,5,10-11,28H2,1-4H3,(H,29,30,31). The molecular formula is C23H25BF3N4. The number of benzene rings is 2. The highest BCUT2D eigenvalue weighted by molar-refractivity contribution is 6.60. The Morgan fingerprint density at radius 1 is 1.16 bits per heavy atom. The second kappa shape index (κ2) is 7.43. The number of hydrogen-bond acceptors (Lipinski definition) is 4. The fourth-order valence-corrected chi connectivity index (χ4v) is 4.37. The monoisotopic (exact) mass is 425 g/mol. The molecule has 2 aromatic carbocycles. The summed E-state index contributed by atoms with van der Waals surface area (Å²) in [6, 6.07) is 5.72. The SMILES string of the molecule is CCc1cc2c(NCc3cc(N)cc(C(F)(F)F)c3)nc(C)nc2c2c1[B]C(C)(C)C2. The van der Waals surface area contributed by atoms with Gasteiger partial charge in [0.2, 0.25) is 0 Å². The quantitative estimate of drug-likeness (QED) is 0.466. The van der Waals surface area contributed by atoms with Gasteiger partial charge in [-0.15, -0.1) is 0 Å². The van der Waals surface area contributed by atoms with E-state index in [1.54, 1.807) is 6.07 Å². The van der Waals surface area contributed by atoms with Gasteiger partial charge in [0, 0.05) is 17.6 Å². The molecule has 0 fully saturated rings. The van der Waals surface area contributed by atoms with Crippen LogP contribution in [-0.4, -0.2) is 17.2 Å². The highest BCUT2D eigenvalue weighted by Gasteiger charge is 2.34. The third-order valence-electron chi connectivity index (χ3n) is 5.68. The van der Waals surface area contributed by atoms with Gasteiger partial charge in [-0.05, 0) is 55.2 Å². The lowest BCUT2D eigenvalue weighted by Crippen LogP contribution is -2.22. The van der Waals surface area contributed by atoms with Crippen LogP contribution in [0.4, 0.5) is 24.7 Å². The van der Waals surface area contributed by atoms with E-state index in [0.717, 1.165) is 35.9 Å². The van der Waals surface area contributed by atoms with Gasteiger partial charge in [-0.1, -0.05) is 37.1 Å². The number of hydrogen-bond donors (Lipinski definition) is 2. The molecule has 3 aromatic rings. The van der Waals surface area contributed by atoms with Crippen LogP contribution >= 0.6 is 0 Å². The Hall–Kier alpha value is -2.77. The number of halogens is 3. The van der Waals surface area contributed by atoms with E-state index in [2.05, 4.69) is 44.4 Å². The highest BCUT2D eigenvalue weighted by Crippen LogP contribution is 2.38. The first-order valence-electron chi connectivity index (χ1n) is 10.4. The normalized spacial score (nSPS) is 15.1. The minimum Gasteiger partial charge on any atom is -0.399 e. The highest BCUT2D eigenvalue weighted by atomic mass is 19.4. The summed E-state index contributed by atoms with van der Waals surface area (Å²) in [5, 5.41) is 4.18. The molecule has 2 heterocycles. The predicted molar refractivity (Wildman–Crippen MR) is 120 cm³/mol. The number of nitrogens with zero attached hydrogens (tertiary/aromatic N) is 2. The molecule has 1 aromatic heterocycles. The van der Waals surface area contributed by atoms with Gasteiger partial charge in [0.15, 0.2) is 7.28 Å². The number of aromatic nitrogens is 2. The second-order valence-corrected chi connectivity index (χ2v) is 8.92. The van der Waals surface area contributed by atoms with Gasteiger partial charge in [0.25, 0.3) is 0 Å². The Morgan fingerprint density at radius 3 is 2.58 bits per heavy atom. The Bertz CT molecular complexity index is 1170. The average Bonchev–Trinajstić information content (AvgIpc) is 3.00. The molecule has 0 spiro atoms. The summed E-state index contributed by atoms with van der Waals surface area (Å²) in [6.07, 6.45) is -2.67. The molecule has 31 heavy (non-hydrogen) atoms. The maximum Gasteiger partial charge on any atom is 0.416 e. The minimum absolute atomic E-state index is 0.0581. The molecule has 0 bridgehead atoms. The summed E-state index contributed by atoms with van der Waals surface area (Å²) in [4.78, 5) is 9.29. The lowest BCUT2D eigenvalue weighted by molar-refractivity contribution is -0.137. The molecule has 161 valence electrons. The first-order valence-corrected chi connectivity index (χ1v) is 10.4. The fourth-order valence-electron chi connectivity index (χ4n) is 4.37. The molecule has 1 aliphatic rings. The maximum absolute atomic E-state index is 13.1. The number of alkyl halides is 3. The largest absolute Gasteiger partial charge is 0.416 e. The topological polar surface area (TPSA) is 63.8 Å². The zero-order valence-corrected chi connectivity index (χ0v) is 18.1. The van der Waals surface area contributed by atoms with Crippen LogP contribution in [-0.2, 0) is 25.6 Å². The second-order valence-electron chi connectivity index (χ2n) is 8.92. The summed E-state index contributed by atoms with van der Waals surface area (Å²) in [6.45, 7) is 8.55. The molecule has 0 aliphatic carbocycles. The zero-order valence-electron chi connectivity index (χ0n) is 18.1. The molecule has 1 radical (unpaired) electrons. The van der Waals surface area contributed by atoms with E-state index in [0.29, 0.717) is 17.2 Å². The predicted octanol–water partition coefficient (Wildman–Crippen LogP) is 4.80. The average molecular weight is 425 g/mol. The van der Waals surface area contributed by atoms with Gasteiger partial charge in [-0.25, -0.2) is 9.97 Å². The van der Waals surface area contributed by atoms with Crippen molar-refractivity contribution in [3.8, 4) is 0 Å². The summed E-state index contributed by atoms with van der Waals surface area (Å²) >= 11 is 0. The van der Waals surface area contributed by atoms with Crippen molar-refractivity contribution in [1.29, 1.82) is 0 Å². The number of rotatable bonds is 4. The van der Waals surface area contributed by atoms with Crippen LogP contribution in [0.5, 0.6) is 0 Å². The van der Waals surface area contributed by atoms with Crippen molar-refractivity contribution in [1.82, 2.24) is 9.97 Å². The van der Waals surface area contributed by atoms with Gasteiger partial charge >= 0.3 is 6.18 Å². The van der Waals surface area contributed by atoms with E-state index in [1.807, 2.05) is 6.92 Å². The van der Waals surface area contributed by atoms with Crippen molar-refractivity contribution in [3.63, 3.8) is 0 Å². The Morgan fingerprint density at radius 2 is 1.90 bits per heavy atom. The first kappa shape index (κ1) is 21.5. The summed E-state index contributed by atoms with van der Waals surface area (Å²) in [7, 11) is 2.32. The lowest BCUT2D eigenvalue weighted by Gasteiger charge is -2.16. The Balaban J connectivity index is 1.75. The van der Waals surface area contributed by atoms with E-state index in [1.165, 1.54) is 16.6 Å². The van der Waals surface area contributed by atoms with Crippen LogP contribution < -0.4 is 16.5 Å². The van der Waals surface area contributed by atoms with E-state index in [-0.39, 0.29) is 17.5 Å². The molecule has 0 saturated heterocycles. The van der Waals surface area contributed by atoms with Crippen molar-refractivity contribution < 1.29 is 13.2 Å². The van der Waals surface area contributed by atoms with Crippen LogP contribution in [0, 0.1) is 6.92 Å². The number of nitrogens with one attached hydrogen (secondary N) is 1. The van der Waals surface area contributed by atoms with Crippen LogP contribution in [0.2, 0.25) is 5.31 Å². The first-order chi connectivity index (χ1) is 14.5. The number of nitrogen functional groups attached to an aromatic ring is 1. The summed E-state index contributed by atoms with van der Waals surface area (Å²) < 4.78 is 39.4. The molecular weight excluding hydrogens is 400 g/mol. The van der Waals surface area contributed by atoms with Gasteiger partial charge in [0.05, 0.1) is 11.1 Å². The van der Waals surface area contributed by atoms with Crippen molar-refractivity contribution in [3.05, 3.63) is 52.3 Å². The Kier molecular flexibility index (Phi) is 5.14.